The average molecular weight is 495 g/mol. The molecule has 0 radical (unpaired) electrons. The average Bonchev–Trinajstić information content (AvgIpc) is 3.76. The first-order chi connectivity index (χ1) is 19.4. The molecule has 0 saturated heterocycles. The van der Waals surface area contributed by atoms with Crippen molar-refractivity contribution in [3.05, 3.63) is 109 Å². The van der Waals surface area contributed by atoms with Crippen LogP contribution in [0.2, 0.25) is 0 Å². The maximum absolute atomic E-state index is 6.36. The van der Waals surface area contributed by atoms with Crippen LogP contribution in [0, 0.1) is 0 Å². The van der Waals surface area contributed by atoms with Crippen LogP contribution in [0.1, 0.15) is 0 Å². The Morgan fingerprint density at radius 2 is 1.05 bits per heavy atom. The molecular weight excluding hydrogens is 476 g/mol. The van der Waals surface area contributed by atoms with Crippen LogP contribution in [0.4, 0.5) is 0 Å². The van der Waals surface area contributed by atoms with Gasteiger partial charge in [0.25, 0.3) is 0 Å². The minimum Gasteiger partial charge on any atom is -0.456 e. The fraction of sp³-hybridized carbons (Fsp3) is 0. The minimum absolute atomic E-state index is 0.935. The van der Waals surface area contributed by atoms with Gasteiger partial charge in [0.05, 0.1) is 33.1 Å². The first kappa shape index (κ1) is 18.9. The van der Waals surface area contributed by atoms with Gasteiger partial charge in [0.2, 0.25) is 0 Å². The van der Waals surface area contributed by atoms with Gasteiger partial charge in [-0.25, -0.2) is 0 Å². The van der Waals surface area contributed by atoms with E-state index in [1.54, 1.807) is 0 Å². The van der Waals surface area contributed by atoms with E-state index in [-0.39, 0.29) is 0 Å². The highest BCUT2D eigenvalue weighted by Gasteiger charge is 2.25. The zero-order valence-corrected chi connectivity index (χ0v) is 20.7. The molecule has 39 heavy (non-hydrogen) atoms. The van der Waals surface area contributed by atoms with E-state index in [0.29, 0.717) is 0 Å². The molecule has 11 aromatic rings. The maximum atomic E-state index is 6.36. The lowest BCUT2D eigenvalue weighted by atomic mass is 10.0. The highest BCUT2D eigenvalue weighted by molar-refractivity contribution is 6.38. The zero-order valence-electron chi connectivity index (χ0n) is 20.7. The van der Waals surface area contributed by atoms with E-state index in [4.69, 9.17) is 4.42 Å². The van der Waals surface area contributed by atoms with Crippen LogP contribution >= 0.6 is 0 Å². The van der Waals surface area contributed by atoms with Crippen LogP contribution in [0.5, 0.6) is 0 Å². The van der Waals surface area contributed by atoms with Crippen LogP contribution in [-0.4, -0.2) is 8.80 Å². The van der Waals surface area contributed by atoms with E-state index in [9.17, 15) is 0 Å². The van der Waals surface area contributed by atoms with E-state index < -0.39 is 0 Å². The number of aromatic nitrogens is 2. The Balaban J connectivity index is 1.48. The van der Waals surface area contributed by atoms with Crippen molar-refractivity contribution in [2.75, 3.05) is 0 Å². The van der Waals surface area contributed by atoms with E-state index in [1.165, 1.54) is 87.0 Å². The second-order valence-corrected chi connectivity index (χ2v) is 10.9. The van der Waals surface area contributed by atoms with Gasteiger partial charge in [0, 0.05) is 59.9 Å². The Bertz CT molecular complexity index is 2820. The molecule has 6 aromatic carbocycles. The van der Waals surface area contributed by atoms with E-state index >= 15 is 0 Å². The number of hydrogen-bond acceptors (Lipinski definition) is 1. The molecule has 3 nitrogen and oxygen atoms in total. The highest BCUT2D eigenvalue weighted by atomic mass is 16.3. The van der Waals surface area contributed by atoms with Crippen molar-refractivity contribution in [2.45, 2.75) is 0 Å². The third-order valence-electron chi connectivity index (χ3n) is 9.15. The molecule has 0 fully saturated rings. The molecule has 5 aromatic heterocycles. The van der Waals surface area contributed by atoms with Crippen LogP contribution in [0.25, 0.3) is 98.1 Å². The Morgan fingerprint density at radius 3 is 1.95 bits per heavy atom. The summed E-state index contributed by atoms with van der Waals surface area (Å²) in [6, 6.07) is 39.9. The smallest absolute Gasteiger partial charge is 0.137 e. The summed E-state index contributed by atoms with van der Waals surface area (Å²) >= 11 is 0. The number of para-hydroxylation sites is 4. The van der Waals surface area contributed by atoms with E-state index in [2.05, 4.69) is 112 Å². The standard InChI is InChI=1S/C36H18N2O/c1-4-13-27-19(8-1)26-17-30-33(34-22-10-2-5-14-28(22)37(27)36(26)34)23-12-7-11-21-24-16-25-20-9-3-6-15-31(20)39-32(25)18-29(24)38(30)35(21)23/h1-18H. The summed E-state index contributed by atoms with van der Waals surface area (Å²) < 4.78 is 11.3. The number of furan rings is 1. The number of nitrogens with zero attached hydrogens (tertiary/aromatic N) is 2. The third-order valence-corrected chi connectivity index (χ3v) is 9.15. The van der Waals surface area contributed by atoms with Gasteiger partial charge in [-0.15, -0.1) is 0 Å². The second-order valence-electron chi connectivity index (χ2n) is 10.9. The number of benzene rings is 6. The van der Waals surface area contributed by atoms with Gasteiger partial charge in [0.1, 0.15) is 11.2 Å². The monoisotopic (exact) mass is 494 g/mol. The lowest BCUT2D eigenvalue weighted by Gasteiger charge is -2.02. The molecule has 0 aliphatic heterocycles. The molecule has 0 N–H and O–H groups in total. The topological polar surface area (TPSA) is 22.0 Å². The maximum Gasteiger partial charge on any atom is 0.137 e. The van der Waals surface area contributed by atoms with Gasteiger partial charge in [0.15, 0.2) is 0 Å². The van der Waals surface area contributed by atoms with Crippen LogP contribution in [0.15, 0.2) is 114 Å². The van der Waals surface area contributed by atoms with Crippen molar-refractivity contribution in [3.63, 3.8) is 0 Å². The molecule has 0 amide bonds. The third kappa shape index (κ3) is 1.95. The molecule has 3 heteroatoms. The predicted molar refractivity (Wildman–Crippen MR) is 163 cm³/mol. The fourth-order valence-corrected chi connectivity index (χ4v) is 7.69. The normalized spacial score (nSPS) is 13.1. The van der Waals surface area contributed by atoms with E-state index in [0.717, 1.165) is 11.2 Å². The van der Waals surface area contributed by atoms with Gasteiger partial charge in [-0.3, -0.25) is 0 Å². The minimum atomic E-state index is 0.935. The summed E-state index contributed by atoms with van der Waals surface area (Å²) in [6.45, 7) is 0. The molecular formula is C36H18N2O. The summed E-state index contributed by atoms with van der Waals surface area (Å²) in [4.78, 5) is 0. The molecule has 0 unspecified atom stereocenters. The molecule has 0 saturated carbocycles. The molecule has 0 spiro atoms. The zero-order chi connectivity index (χ0) is 25.0. The fourth-order valence-electron chi connectivity index (χ4n) is 7.69. The summed E-state index contributed by atoms with van der Waals surface area (Å²) in [5.41, 5.74) is 9.48. The Labute approximate surface area is 220 Å². The largest absolute Gasteiger partial charge is 0.456 e. The van der Waals surface area contributed by atoms with Gasteiger partial charge < -0.3 is 13.2 Å². The van der Waals surface area contributed by atoms with Crippen LogP contribution in [0.3, 0.4) is 0 Å². The Morgan fingerprint density at radius 1 is 0.359 bits per heavy atom. The van der Waals surface area contributed by atoms with Crippen molar-refractivity contribution >= 4 is 98.1 Å². The van der Waals surface area contributed by atoms with Crippen molar-refractivity contribution in [2.24, 2.45) is 0 Å². The van der Waals surface area contributed by atoms with Crippen LogP contribution in [-0.2, 0) is 0 Å². The second kappa shape index (κ2) is 6.06. The summed E-state index contributed by atoms with van der Waals surface area (Å²) in [5, 5.41) is 12.8. The lowest BCUT2D eigenvalue weighted by molar-refractivity contribution is 0.669. The van der Waals surface area contributed by atoms with Gasteiger partial charge in [-0.1, -0.05) is 72.8 Å². The molecule has 178 valence electrons. The SMILES string of the molecule is c1ccc2c(c1)oc1cc3c(cc12)c1cccc2c4c5c6ccccc6n6c7ccccc7c(cc4n3c12)c56. The molecule has 0 aliphatic rings. The number of hydrogen-bond donors (Lipinski definition) is 0. The predicted octanol–water partition coefficient (Wildman–Crippen LogP) is 9.89. The lowest BCUT2D eigenvalue weighted by Crippen LogP contribution is -1.82. The summed E-state index contributed by atoms with van der Waals surface area (Å²) in [6.07, 6.45) is 0. The molecule has 0 bridgehead atoms. The Hall–Kier alpha value is -5.28. The summed E-state index contributed by atoms with van der Waals surface area (Å²) in [7, 11) is 0. The van der Waals surface area contributed by atoms with Crippen molar-refractivity contribution in [1.29, 1.82) is 0 Å². The first-order valence-electron chi connectivity index (χ1n) is 13.5. The number of fused-ring (bicyclic) bond motifs is 16. The molecule has 0 atom stereocenters. The van der Waals surface area contributed by atoms with E-state index in [1.807, 2.05) is 6.07 Å². The van der Waals surface area contributed by atoms with Crippen molar-refractivity contribution < 1.29 is 4.42 Å². The molecule has 5 heterocycles. The quantitative estimate of drug-likeness (QED) is 0.206. The highest BCUT2D eigenvalue weighted by Crippen LogP contribution is 2.48. The molecule has 0 aliphatic carbocycles. The first-order valence-corrected chi connectivity index (χ1v) is 13.5. The number of rotatable bonds is 0. The van der Waals surface area contributed by atoms with Gasteiger partial charge in [-0.05, 0) is 30.3 Å². The van der Waals surface area contributed by atoms with Gasteiger partial charge >= 0.3 is 0 Å². The molecule has 11 rings (SSSR count). The summed E-state index contributed by atoms with van der Waals surface area (Å²) in [5.74, 6) is 0. The van der Waals surface area contributed by atoms with Crippen LogP contribution < -0.4 is 0 Å². The Kier molecular flexibility index (Phi) is 2.93. The van der Waals surface area contributed by atoms with Gasteiger partial charge in [-0.2, -0.15) is 0 Å². The van der Waals surface area contributed by atoms with Crippen molar-refractivity contribution in [1.82, 2.24) is 8.80 Å². The van der Waals surface area contributed by atoms with Crippen molar-refractivity contribution in [3.8, 4) is 0 Å².